The van der Waals surface area contributed by atoms with Crippen LogP contribution in [0.25, 0.3) is 45.5 Å². The summed E-state index contributed by atoms with van der Waals surface area (Å²) >= 11 is 0. The number of nitrogens with zero attached hydrogens (tertiary/aromatic N) is 2. The lowest BCUT2D eigenvalue weighted by Gasteiger charge is -2.29. The molecule has 3 aliphatic carbocycles. The Hall–Kier alpha value is -7.68. The molecular weight excluding hydrogens is 809 g/mol. The van der Waals surface area contributed by atoms with Crippen molar-refractivity contribution in [3.8, 4) is 33.4 Å². The van der Waals surface area contributed by atoms with Gasteiger partial charge >= 0.3 is 0 Å². The summed E-state index contributed by atoms with van der Waals surface area (Å²) in [6, 6.07) is 76.3. The van der Waals surface area contributed by atoms with Crippen LogP contribution in [0.4, 0.5) is 34.1 Å². The molecular formula is C65H54N2. The number of anilines is 6. The van der Waals surface area contributed by atoms with Gasteiger partial charge in [-0.3, -0.25) is 0 Å². The van der Waals surface area contributed by atoms with Crippen molar-refractivity contribution in [3.63, 3.8) is 0 Å². The first-order valence-corrected chi connectivity index (χ1v) is 23.8. The van der Waals surface area contributed by atoms with Crippen molar-refractivity contribution in [1.29, 1.82) is 0 Å². The lowest BCUT2D eigenvalue weighted by Crippen LogP contribution is -2.18. The van der Waals surface area contributed by atoms with E-state index in [9.17, 15) is 0 Å². The quantitative estimate of drug-likeness (QED) is 0.140. The molecule has 0 saturated carbocycles. The van der Waals surface area contributed by atoms with Crippen molar-refractivity contribution in [2.24, 2.45) is 0 Å². The molecule has 0 aromatic heterocycles. The van der Waals surface area contributed by atoms with Gasteiger partial charge in [-0.15, -0.1) is 0 Å². The van der Waals surface area contributed by atoms with E-state index in [2.05, 4.69) is 270 Å². The third kappa shape index (κ3) is 6.45. The maximum Gasteiger partial charge on any atom is 0.0465 e. The molecule has 0 aliphatic heterocycles. The molecule has 9 aromatic carbocycles. The third-order valence-corrected chi connectivity index (χ3v) is 15.2. The first-order chi connectivity index (χ1) is 32.5. The predicted octanol–water partition coefficient (Wildman–Crippen LogP) is 17.7. The predicted molar refractivity (Wildman–Crippen MR) is 284 cm³/mol. The summed E-state index contributed by atoms with van der Waals surface area (Å²) in [7, 11) is 0. The second-order valence-electron chi connectivity index (χ2n) is 20.2. The van der Waals surface area contributed by atoms with Gasteiger partial charge in [-0.1, -0.05) is 187 Å². The molecule has 0 N–H and O–H groups in total. The molecule has 2 nitrogen and oxygen atoms in total. The molecule has 0 amide bonds. The summed E-state index contributed by atoms with van der Waals surface area (Å²) in [4.78, 5) is 4.80. The highest BCUT2D eigenvalue weighted by Crippen LogP contribution is 2.54. The van der Waals surface area contributed by atoms with Crippen molar-refractivity contribution in [1.82, 2.24) is 0 Å². The number of rotatable bonds is 8. The number of hydrogen-bond acceptors (Lipinski definition) is 2. The van der Waals surface area contributed by atoms with E-state index in [-0.39, 0.29) is 16.2 Å². The van der Waals surface area contributed by atoms with Gasteiger partial charge in [0.05, 0.1) is 0 Å². The van der Waals surface area contributed by atoms with Crippen LogP contribution in [0.5, 0.6) is 0 Å². The van der Waals surface area contributed by atoms with Crippen molar-refractivity contribution in [2.45, 2.75) is 57.8 Å². The maximum absolute atomic E-state index is 2.44. The van der Waals surface area contributed by atoms with Gasteiger partial charge in [0, 0.05) is 50.4 Å². The highest BCUT2D eigenvalue weighted by atomic mass is 15.1. The van der Waals surface area contributed by atoms with Crippen molar-refractivity contribution >= 4 is 46.3 Å². The summed E-state index contributed by atoms with van der Waals surface area (Å²) in [6.45, 7) is 14.3. The lowest BCUT2D eigenvalue weighted by molar-refractivity contribution is 0.659. The summed E-state index contributed by atoms with van der Waals surface area (Å²) in [5, 5.41) is 0. The molecule has 2 heteroatoms. The van der Waals surface area contributed by atoms with Gasteiger partial charge in [0.2, 0.25) is 0 Å². The molecule has 0 radical (unpaired) electrons. The molecule has 0 fully saturated rings. The molecule has 67 heavy (non-hydrogen) atoms. The second-order valence-corrected chi connectivity index (χ2v) is 20.2. The Morgan fingerprint density at radius 1 is 0.254 bits per heavy atom. The van der Waals surface area contributed by atoms with Crippen LogP contribution >= 0.6 is 0 Å². The van der Waals surface area contributed by atoms with E-state index in [1.54, 1.807) is 0 Å². The van der Waals surface area contributed by atoms with Crippen molar-refractivity contribution < 1.29 is 0 Å². The Balaban J connectivity index is 0.842. The molecule has 0 bridgehead atoms. The monoisotopic (exact) mass is 862 g/mol. The van der Waals surface area contributed by atoms with Gasteiger partial charge in [0.25, 0.3) is 0 Å². The smallest absolute Gasteiger partial charge is 0.0465 e. The van der Waals surface area contributed by atoms with E-state index in [0.717, 1.165) is 17.1 Å². The van der Waals surface area contributed by atoms with Crippen LogP contribution in [0.3, 0.4) is 0 Å². The number of benzene rings is 9. The van der Waals surface area contributed by atoms with Gasteiger partial charge in [-0.25, -0.2) is 0 Å². The molecule has 0 unspecified atom stereocenters. The van der Waals surface area contributed by atoms with Crippen LogP contribution in [-0.2, 0) is 16.2 Å². The normalized spacial score (nSPS) is 15.0. The van der Waals surface area contributed by atoms with E-state index in [4.69, 9.17) is 0 Å². The van der Waals surface area contributed by atoms with Crippen LogP contribution < -0.4 is 9.80 Å². The zero-order valence-electron chi connectivity index (χ0n) is 39.2. The van der Waals surface area contributed by atoms with E-state index < -0.39 is 0 Å². The molecule has 0 atom stereocenters. The van der Waals surface area contributed by atoms with Crippen molar-refractivity contribution in [2.75, 3.05) is 9.80 Å². The van der Waals surface area contributed by atoms with Gasteiger partial charge in [-0.05, 0) is 151 Å². The lowest BCUT2D eigenvalue weighted by atomic mass is 9.81. The number of para-hydroxylation sites is 3. The van der Waals surface area contributed by atoms with Crippen LogP contribution in [0.2, 0.25) is 0 Å². The highest BCUT2D eigenvalue weighted by Gasteiger charge is 2.39. The molecule has 0 saturated heterocycles. The van der Waals surface area contributed by atoms with Crippen LogP contribution in [-0.4, -0.2) is 0 Å². The zero-order chi connectivity index (χ0) is 45.7. The maximum atomic E-state index is 2.44. The standard InChI is InChI=1S/C65H54N2/c1-63(2)57-25-17-16-24-51(57)54-35-31-49(41-60(54)63)67(47-22-14-9-15-23-47)50-32-37-56-53-34-29-44(39-59(53)65(5,6)62(56)42-50)27-26-43-28-33-52-55-36-30-48(40-61(55)64(3,4)58(52)38-43)66(45-18-10-7-11-19-45)46-20-12-8-13-21-46/h7-42H,1-6H3/b27-26+. The largest absolute Gasteiger partial charge is 0.310 e. The summed E-state index contributed by atoms with van der Waals surface area (Å²) in [5.41, 5.74) is 25.1. The summed E-state index contributed by atoms with van der Waals surface area (Å²) in [5.74, 6) is 0. The molecule has 9 aromatic rings. The number of hydrogen-bond donors (Lipinski definition) is 0. The minimum absolute atomic E-state index is 0.0830. The fourth-order valence-corrected chi connectivity index (χ4v) is 11.6. The Kier molecular flexibility index (Phi) is 9.25. The Morgan fingerprint density at radius 3 is 0.925 bits per heavy atom. The van der Waals surface area contributed by atoms with Crippen LogP contribution in [0, 0.1) is 0 Å². The van der Waals surface area contributed by atoms with Gasteiger partial charge in [-0.2, -0.15) is 0 Å². The second kappa shape index (κ2) is 15.2. The first kappa shape index (κ1) is 40.8. The van der Waals surface area contributed by atoms with Gasteiger partial charge in [0.15, 0.2) is 0 Å². The Labute approximate surface area is 396 Å². The average molecular weight is 863 g/mol. The van der Waals surface area contributed by atoms with E-state index >= 15 is 0 Å². The fourth-order valence-electron chi connectivity index (χ4n) is 11.6. The molecule has 3 aliphatic rings. The van der Waals surface area contributed by atoms with Crippen molar-refractivity contribution in [3.05, 3.63) is 251 Å². The Bertz CT molecular complexity index is 3390. The van der Waals surface area contributed by atoms with Crippen LogP contribution in [0.1, 0.15) is 86.1 Å². The minimum Gasteiger partial charge on any atom is -0.310 e. The molecule has 12 rings (SSSR count). The molecule has 324 valence electrons. The van der Waals surface area contributed by atoms with E-state index in [0.29, 0.717) is 0 Å². The minimum atomic E-state index is -0.187. The SMILES string of the molecule is CC1(C)c2ccccc2-c2ccc(N(c3ccccc3)c3ccc4c(c3)C(C)(C)c3cc(/C=C/c5ccc6c(c5)C(C)(C)c5cc(N(c7ccccc7)c7ccccc7)ccc5-6)ccc3-4)cc21. The summed E-state index contributed by atoms with van der Waals surface area (Å²) in [6.07, 6.45) is 4.59. The highest BCUT2D eigenvalue weighted by molar-refractivity contribution is 5.90. The van der Waals surface area contributed by atoms with Crippen LogP contribution in [0.15, 0.2) is 206 Å². The molecule has 0 spiro atoms. The third-order valence-electron chi connectivity index (χ3n) is 15.2. The Morgan fingerprint density at radius 2 is 0.537 bits per heavy atom. The van der Waals surface area contributed by atoms with E-state index in [1.165, 1.54) is 95.0 Å². The zero-order valence-corrected chi connectivity index (χ0v) is 39.2. The summed E-state index contributed by atoms with van der Waals surface area (Å²) < 4.78 is 0. The number of fused-ring (bicyclic) bond motifs is 9. The topological polar surface area (TPSA) is 6.48 Å². The molecule has 0 heterocycles. The van der Waals surface area contributed by atoms with E-state index in [1.807, 2.05) is 0 Å². The van der Waals surface area contributed by atoms with Gasteiger partial charge in [0.1, 0.15) is 0 Å². The average Bonchev–Trinajstić information content (AvgIpc) is 3.83. The van der Waals surface area contributed by atoms with Gasteiger partial charge < -0.3 is 9.80 Å². The first-order valence-electron chi connectivity index (χ1n) is 23.8. The fraction of sp³-hybridized carbons (Fsp3) is 0.138.